The number of amides is 1. The number of carbonyl (C=O) groups is 1. The van der Waals surface area contributed by atoms with Crippen molar-refractivity contribution in [3.63, 3.8) is 0 Å². The van der Waals surface area contributed by atoms with Gasteiger partial charge >= 0.3 is 0 Å². The van der Waals surface area contributed by atoms with E-state index in [1.165, 1.54) is 0 Å². The number of hydrogen-bond acceptors (Lipinski definition) is 4. The molecule has 130 valence electrons. The molecule has 2 atom stereocenters. The van der Waals surface area contributed by atoms with E-state index in [1.54, 1.807) is 12.5 Å². The Labute approximate surface area is 146 Å². The van der Waals surface area contributed by atoms with E-state index >= 15 is 0 Å². The maximum atomic E-state index is 12.7. The summed E-state index contributed by atoms with van der Waals surface area (Å²) in [6, 6.07) is 5.89. The molecule has 3 aromatic heterocycles. The van der Waals surface area contributed by atoms with Gasteiger partial charge in [-0.25, -0.2) is 9.97 Å². The minimum absolute atomic E-state index is 0.0600. The van der Waals surface area contributed by atoms with E-state index in [0.29, 0.717) is 18.2 Å². The average molecular weight is 338 g/mol. The molecule has 1 aliphatic rings. The molecule has 0 aliphatic carbocycles. The largest absolute Gasteiger partial charge is 0.357 e. The topological polar surface area (TPSA) is 80.9 Å². The van der Waals surface area contributed by atoms with Crippen LogP contribution in [0.3, 0.4) is 0 Å². The zero-order valence-corrected chi connectivity index (χ0v) is 14.4. The van der Waals surface area contributed by atoms with Gasteiger partial charge in [0.2, 0.25) is 0 Å². The second-order valence-electron chi connectivity index (χ2n) is 6.72. The first-order valence-electron chi connectivity index (χ1n) is 8.58. The Hall–Kier alpha value is -2.83. The Morgan fingerprint density at radius 3 is 2.96 bits per heavy atom. The maximum Gasteiger partial charge on any atom is 0.270 e. The van der Waals surface area contributed by atoms with Gasteiger partial charge in [0.15, 0.2) is 0 Å². The van der Waals surface area contributed by atoms with Gasteiger partial charge in [-0.3, -0.25) is 4.79 Å². The summed E-state index contributed by atoms with van der Waals surface area (Å²) in [5.41, 5.74) is 1.48. The molecule has 1 saturated heterocycles. The lowest BCUT2D eigenvalue weighted by Gasteiger charge is -2.42. The third-order valence-corrected chi connectivity index (χ3v) is 5.20. The third-order valence-electron chi connectivity index (χ3n) is 5.20. The minimum atomic E-state index is 0.0600. The highest BCUT2D eigenvalue weighted by Gasteiger charge is 2.33. The number of aromatic nitrogens is 4. The van der Waals surface area contributed by atoms with Crippen molar-refractivity contribution in [2.24, 2.45) is 5.92 Å². The molecule has 0 aromatic carbocycles. The van der Waals surface area contributed by atoms with Crippen LogP contribution in [0.4, 0.5) is 5.82 Å². The summed E-state index contributed by atoms with van der Waals surface area (Å²) in [4.78, 5) is 31.7. The molecule has 1 fully saturated rings. The zero-order valence-electron chi connectivity index (χ0n) is 14.4. The molecule has 0 radical (unpaired) electrons. The standard InChI is InChI=1S/C18H22N6O/c1-12-6-9-24(18(25)14-4-3-7-19-14)10-15(12)23(2)17-13-5-8-20-16(13)21-11-22-17/h3-5,7-8,11-12,15,19H,6,9-10H2,1-2H3,(H,20,21,22). The van der Waals surface area contributed by atoms with E-state index in [4.69, 9.17) is 0 Å². The van der Waals surface area contributed by atoms with Gasteiger partial charge in [0.25, 0.3) is 5.91 Å². The first kappa shape index (κ1) is 15.7. The van der Waals surface area contributed by atoms with Crippen molar-refractivity contribution < 1.29 is 4.79 Å². The molecule has 7 heteroatoms. The number of H-pyrrole nitrogens is 2. The van der Waals surface area contributed by atoms with E-state index in [0.717, 1.165) is 29.8 Å². The fourth-order valence-electron chi connectivity index (χ4n) is 3.67. The summed E-state index contributed by atoms with van der Waals surface area (Å²) in [6.45, 7) is 3.71. The lowest BCUT2D eigenvalue weighted by atomic mass is 9.92. The number of nitrogens with zero attached hydrogens (tertiary/aromatic N) is 4. The van der Waals surface area contributed by atoms with Crippen LogP contribution < -0.4 is 4.90 Å². The molecule has 1 amide bonds. The molecule has 7 nitrogen and oxygen atoms in total. The summed E-state index contributed by atoms with van der Waals surface area (Å²) in [6.07, 6.45) is 6.22. The molecule has 3 aromatic rings. The number of aromatic amines is 2. The Morgan fingerprint density at radius 2 is 2.16 bits per heavy atom. The van der Waals surface area contributed by atoms with Crippen molar-refractivity contribution in [1.29, 1.82) is 0 Å². The number of anilines is 1. The number of rotatable bonds is 3. The second kappa shape index (κ2) is 6.23. The highest BCUT2D eigenvalue weighted by Crippen LogP contribution is 2.29. The molecular formula is C18H22N6O. The van der Waals surface area contributed by atoms with Crippen molar-refractivity contribution in [3.8, 4) is 0 Å². The van der Waals surface area contributed by atoms with E-state index < -0.39 is 0 Å². The predicted octanol–water partition coefficient (Wildman–Crippen LogP) is 2.27. The number of fused-ring (bicyclic) bond motifs is 1. The maximum absolute atomic E-state index is 12.7. The highest BCUT2D eigenvalue weighted by molar-refractivity contribution is 5.92. The SMILES string of the molecule is CC1CCN(C(=O)c2ccc[nH]2)CC1N(C)c1ncnc2[nH]ccc12. The fraction of sp³-hybridized carbons (Fsp3) is 0.389. The van der Waals surface area contributed by atoms with Crippen molar-refractivity contribution in [2.45, 2.75) is 19.4 Å². The van der Waals surface area contributed by atoms with Gasteiger partial charge in [-0.2, -0.15) is 0 Å². The van der Waals surface area contributed by atoms with Crippen LogP contribution in [0.2, 0.25) is 0 Å². The molecule has 1 aliphatic heterocycles. The molecule has 0 bridgehead atoms. The summed E-state index contributed by atoms with van der Waals surface area (Å²) in [5.74, 6) is 1.43. The molecule has 25 heavy (non-hydrogen) atoms. The van der Waals surface area contributed by atoms with Crippen LogP contribution in [-0.2, 0) is 0 Å². The predicted molar refractivity (Wildman–Crippen MR) is 96.6 cm³/mol. The number of likely N-dealkylation sites (N-methyl/N-ethyl adjacent to an activating group) is 1. The lowest BCUT2D eigenvalue weighted by Crippen LogP contribution is -2.53. The summed E-state index contributed by atoms with van der Waals surface area (Å²) in [7, 11) is 2.05. The molecule has 2 N–H and O–H groups in total. The van der Waals surface area contributed by atoms with Gasteiger partial charge < -0.3 is 19.8 Å². The first-order chi connectivity index (χ1) is 12.1. The smallest absolute Gasteiger partial charge is 0.270 e. The van der Waals surface area contributed by atoms with Crippen LogP contribution in [0.5, 0.6) is 0 Å². The molecule has 4 heterocycles. The Kier molecular flexibility index (Phi) is 3.91. The van der Waals surface area contributed by atoms with E-state index in [2.05, 4.69) is 38.8 Å². The normalized spacial score (nSPS) is 20.8. The number of carbonyl (C=O) groups excluding carboxylic acids is 1. The Bertz CT molecular complexity index is 871. The molecule has 2 unspecified atom stereocenters. The molecule has 0 saturated carbocycles. The third kappa shape index (κ3) is 2.75. The fourth-order valence-corrected chi connectivity index (χ4v) is 3.67. The highest BCUT2D eigenvalue weighted by atomic mass is 16.2. The van der Waals surface area contributed by atoms with Crippen LogP contribution in [0.1, 0.15) is 23.8 Å². The summed E-state index contributed by atoms with van der Waals surface area (Å²) >= 11 is 0. The van der Waals surface area contributed by atoms with Crippen LogP contribution in [-0.4, -0.2) is 56.9 Å². The van der Waals surface area contributed by atoms with Gasteiger partial charge in [-0.1, -0.05) is 6.92 Å². The molecule has 4 rings (SSSR count). The lowest BCUT2D eigenvalue weighted by molar-refractivity contribution is 0.0664. The van der Waals surface area contributed by atoms with Crippen LogP contribution in [0.15, 0.2) is 36.9 Å². The number of likely N-dealkylation sites (tertiary alicyclic amines) is 1. The molecule has 0 spiro atoms. The van der Waals surface area contributed by atoms with Gasteiger partial charge in [-0.05, 0) is 30.5 Å². The average Bonchev–Trinajstić information content (AvgIpc) is 3.32. The number of piperidine rings is 1. The summed E-state index contributed by atoms with van der Waals surface area (Å²) in [5, 5.41) is 1.00. The van der Waals surface area contributed by atoms with Crippen LogP contribution >= 0.6 is 0 Å². The summed E-state index contributed by atoms with van der Waals surface area (Å²) < 4.78 is 0. The second-order valence-corrected chi connectivity index (χ2v) is 6.72. The minimum Gasteiger partial charge on any atom is -0.357 e. The van der Waals surface area contributed by atoms with Crippen molar-refractivity contribution in [1.82, 2.24) is 24.8 Å². The number of nitrogens with one attached hydrogen (secondary N) is 2. The van der Waals surface area contributed by atoms with Crippen molar-refractivity contribution in [2.75, 3.05) is 25.0 Å². The van der Waals surface area contributed by atoms with Crippen molar-refractivity contribution in [3.05, 3.63) is 42.6 Å². The monoisotopic (exact) mass is 338 g/mol. The van der Waals surface area contributed by atoms with Crippen LogP contribution in [0.25, 0.3) is 11.0 Å². The van der Waals surface area contributed by atoms with Gasteiger partial charge in [-0.15, -0.1) is 0 Å². The van der Waals surface area contributed by atoms with Gasteiger partial charge in [0.05, 0.1) is 11.4 Å². The van der Waals surface area contributed by atoms with Gasteiger partial charge in [0.1, 0.15) is 23.5 Å². The zero-order chi connectivity index (χ0) is 17.4. The van der Waals surface area contributed by atoms with Gasteiger partial charge in [0, 0.05) is 32.5 Å². The Balaban J connectivity index is 1.59. The van der Waals surface area contributed by atoms with E-state index in [9.17, 15) is 4.79 Å². The van der Waals surface area contributed by atoms with Crippen LogP contribution in [0, 0.1) is 5.92 Å². The van der Waals surface area contributed by atoms with Crippen molar-refractivity contribution >= 4 is 22.8 Å². The molecular weight excluding hydrogens is 316 g/mol. The first-order valence-corrected chi connectivity index (χ1v) is 8.58. The Morgan fingerprint density at radius 1 is 1.28 bits per heavy atom. The van der Waals surface area contributed by atoms with E-state index in [1.807, 2.05) is 29.3 Å². The van der Waals surface area contributed by atoms with E-state index in [-0.39, 0.29) is 11.9 Å². The number of hydrogen-bond donors (Lipinski definition) is 2. The quantitative estimate of drug-likeness (QED) is 0.768.